The van der Waals surface area contributed by atoms with Crippen molar-refractivity contribution in [1.82, 2.24) is 9.47 Å². The first-order chi connectivity index (χ1) is 18.4. The van der Waals surface area contributed by atoms with Crippen LogP contribution in [0.1, 0.15) is 37.8 Å². The molecule has 9 heteroatoms. The molecule has 0 spiro atoms. The lowest BCUT2D eigenvalue weighted by Crippen LogP contribution is -2.42. The summed E-state index contributed by atoms with van der Waals surface area (Å²) < 4.78 is 37.9. The number of allylic oxidation sites excluding steroid dienone is 3. The van der Waals surface area contributed by atoms with Gasteiger partial charge in [0, 0.05) is 56.5 Å². The van der Waals surface area contributed by atoms with Crippen LogP contribution < -0.4 is 20.9 Å². The van der Waals surface area contributed by atoms with E-state index in [1.807, 2.05) is 61.5 Å². The fourth-order valence-corrected chi connectivity index (χ4v) is 5.90. The van der Waals surface area contributed by atoms with Crippen LogP contribution in [0.3, 0.4) is 0 Å². The molecular weight excluding hydrogens is 514 g/mol. The molecule has 0 atom stereocenters. The molecule has 0 saturated heterocycles. The highest BCUT2D eigenvalue weighted by atomic mass is 32.2. The normalized spacial score (nSPS) is 16.2. The molecule has 0 radical (unpaired) electrons. The highest BCUT2D eigenvalue weighted by Gasteiger charge is 2.44. The fourth-order valence-electron chi connectivity index (χ4n) is 5.25. The summed E-state index contributed by atoms with van der Waals surface area (Å²) in [6.45, 7) is 4.74. The molecule has 2 aromatic rings. The lowest BCUT2D eigenvalue weighted by molar-refractivity contribution is -0.437. The summed E-state index contributed by atoms with van der Waals surface area (Å²) in [5, 5.41) is 1.89. The van der Waals surface area contributed by atoms with Crippen LogP contribution >= 0.6 is 0 Å². The molecular formula is C30H38N3O5S+. The summed E-state index contributed by atoms with van der Waals surface area (Å²) in [5.74, 6) is 0.676. The third-order valence-electron chi connectivity index (χ3n) is 7.54. The fraction of sp³-hybridized carbons (Fsp3) is 0.400. The summed E-state index contributed by atoms with van der Waals surface area (Å²) >= 11 is 0. The Balaban J connectivity index is 1.80. The van der Waals surface area contributed by atoms with Crippen LogP contribution in [-0.2, 0) is 26.8 Å². The first-order valence-corrected chi connectivity index (χ1v) is 14.6. The predicted octanol–water partition coefficient (Wildman–Crippen LogP) is 2.26. The average Bonchev–Trinajstić information content (AvgIpc) is 3.02. The average molecular weight is 553 g/mol. The number of hydrogen-bond acceptors (Lipinski definition) is 6. The van der Waals surface area contributed by atoms with Crippen molar-refractivity contribution in [2.45, 2.75) is 32.1 Å². The lowest BCUT2D eigenvalue weighted by atomic mass is 9.81. The summed E-state index contributed by atoms with van der Waals surface area (Å²) in [4.78, 5) is 15.5. The molecule has 0 N–H and O–H groups in total. The number of hydrogen-bond donors (Lipinski definition) is 0. The molecule has 1 aromatic carbocycles. The topological polar surface area (TPSA) is 80.9 Å². The molecule has 8 nitrogen and oxygen atoms in total. The van der Waals surface area contributed by atoms with E-state index in [0.29, 0.717) is 18.5 Å². The van der Waals surface area contributed by atoms with Gasteiger partial charge in [-0.2, -0.15) is 13.0 Å². The number of nitrogens with zero attached hydrogens (tertiary/aromatic N) is 3. The Morgan fingerprint density at radius 3 is 2.54 bits per heavy atom. The van der Waals surface area contributed by atoms with Gasteiger partial charge in [0.15, 0.2) is 5.71 Å². The van der Waals surface area contributed by atoms with Crippen molar-refractivity contribution in [3.63, 3.8) is 0 Å². The van der Waals surface area contributed by atoms with E-state index < -0.39 is 15.5 Å². The van der Waals surface area contributed by atoms with Crippen LogP contribution in [-0.4, -0.2) is 68.8 Å². The molecule has 1 aliphatic carbocycles. The second-order valence-electron chi connectivity index (χ2n) is 10.6. The van der Waals surface area contributed by atoms with E-state index in [1.165, 1.54) is 7.11 Å². The van der Waals surface area contributed by atoms with Crippen LogP contribution in [0.2, 0.25) is 0 Å². The maximum Gasteiger partial charge on any atom is 0.267 e. The number of ether oxygens (including phenoxy) is 1. The molecule has 208 valence electrons. The second-order valence-corrected chi connectivity index (χ2v) is 12.4. The van der Waals surface area contributed by atoms with Gasteiger partial charge in [0.05, 0.1) is 30.7 Å². The molecule has 2 aliphatic rings. The Kier molecular flexibility index (Phi) is 8.04. The summed E-state index contributed by atoms with van der Waals surface area (Å²) in [7, 11) is 5.05. The van der Waals surface area contributed by atoms with Crippen molar-refractivity contribution in [3.05, 3.63) is 74.2 Å². The van der Waals surface area contributed by atoms with Gasteiger partial charge in [-0.15, -0.1) is 0 Å². The van der Waals surface area contributed by atoms with Crippen LogP contribution in [0.15, 0.2) is 46.9 Å². The molecule has 1 aromatic heterocycles. The lowest BCUT2D eigenvalue weighted by Gasteiger charge is -2.16. The van der Waals surface area contributed by atoms with Crippen molar-refractivity contribution >= 4 is 39.7 Å². The first kappa shape index (κ1) is 28.6. The van der Waals surface area contributed by atoms with E-state index in [2.05, 4.69) is 34.8 Å². The van der Waals surface area contributed by atoms with Crippen LogP contribution in [0.4, 0.5) is 5.69 Å². The Bertz CT molecular complexity index is 1680. The van der Waals surface area contributed by atoms with E-state index in [-0.39, 0.29) is 11.3 Å². The largest absolute Gasteiger partial charge is 0.497 e. The predicted molar refractivity (Wildman–Crippen MR) is 157 cm³/mol. The quantitative estimate of drug-likeness (QED) is 0.351. The van der Waals surface area contributed by atoms with Crippen molar-refractivity contribution in [3.8, 4) is 5.75 Å². The standard InChI is InChI=1S/C30H38N3O5S/c1-30(2)25-20-24(37-6)13-14-26(25)33(16-9-17-39(35,36)38-7)28(30)15-12-22-18-21-10-8-11-23(31(3)4)19-27(21)32(5)29(22)34/h10-15,18-20H,8-9,16-17H2,1-7H3/q+1/b15-12+. The first-order valence-electron chi connectivity index (χ1n) is 13.0. The highest BCUT2D eigenvalue weighted by molar-refractivity contribution is 7.86. The Labute approximate surface area is 230 Å². The van der Waals surface area contributed by atoms with E-state index in [4.69, 9.17) is 4.74 Å². The third-order valence-corrected chi connectivity index (χ3v) is 8.83. The minimum Gasteiger partial charge on any atom is -0.497 e. The van der Waals surface area contributed by atoms with Gasteiger partial charge >= 0.3 is 0 Å². The molecule has 4 rings (SSSR count). The number of aromatic nitrogens is 1. The molecule has 0 amide bonds. The van der Waals surface area contributed by atoms with E-state index in [1.54, 1.807) is 18.7 Å². The molecule has 0 fully saturated rings. The minimum atomic E-state index is -3.56. The van der Waals surface area contributed by atoms with Crippen LogP contribution in [0.25, 0.3) is 18.2 Å². The van der Waals surface area contributed by atoms with Gasteiger partial charge in [0.25, 0.3) is 15.7 Å². The molecule has 0 bridgehead atoms. The molecule has 0 unspecified atom stereocenters. The molecule has 2 heterocycles. The van der Waals surface area contributed by atoms with Gasteiger partial charge in [0.2, 0.25) is 5.69 Å². The van der Waals surface area contributed by atoms with E-state index in [9.17, 15) is 13.2 Å². The van der Waals surface area contributed by atoms with Crippen LogP contribution in [0, 0.1) is 0 Å². The van der Waals surface area contributed by atoms with Gasteiger partial charge in [-0.05, 0) is 55.8 Å². The minimum absolute atomic E-state index is 0.0798. The third kappa shape index (κ3) is 5.65. The zero-order chi connectivity index (χ0) is 28.5. The summed E-state index contributed by atoms with van der Waals surface area (Å²) in [6.07, 6.45) is 11.4. The number of methoxy groups -OCH3 is 1. The van der Waals surface area contributed by atoms with Gasteiger partial charge in [-0.25, -0.2) is 0 Å². The van der Waals surface area contributed by atoms with E-state index >= 15 is 0 Å². The Morgan fingerprint density at radius 2 is 1.87 bits per heavy atom. The van der Waals surface area contributed by atoms with Crippen LogP contribution in [0.5, 0.6) is 5.75 Å². The number of fused-ring (bicyclic) bond motifs is 2. The maximum absolute atomic E-state index is 13.4. The van der Waals surface area contributed by atoms with Crippen molar-refractivity contribution in [2.24, 2.45) is 7.05 Å². The smallest absolute Gasteiger partial charge is 0.267 e. The van der Waals surface area contributed by atoms with Gasteiger partial charge in [-0.1, -0.05) is 12.2 Å². The van der Waals surface area contributed by atoms with Crippen molar-refractivity contribution in [1.29, 1.82) is 0 Å². The van der Waals surface area contributed by atoms with Gasteiger partial charge < -0.3 is 14.2 Å². The summed E-state index contributed by atoms with van der Waals surface area (Å²) in [6, 6.07) is 7.88. The molecule has 1 aliphatic heterocycles. The summed E-state index contributed by atoms with van der Waals surface area (Å²) in [5.41, 5.74) is 4.22. The maximum atomic E-state index is 13.4. The molecule has 39 heavy (non-hydrogen) atoms. The molecule has 0 saturated carbocycles. The SMILES string of the molecule is COc1ccc2c(c1)C(C)(C)C(/C=C/c1cc3c(n(C)c1=O)=CC(N(C)C)=CCC=3)=[N+]2CCCS(=O)(=O)OC. The Morgan fingerprint density at radius 1 is 1.13 bits per heavy atom. The Hall–Kier alpha value is -3.43. The van der Waals surface area contributed by atoms with Crippen molar-refractivity contribution < 1.29 is 21.9 Å². The number of pyridine rings is 1. The van der Waals surface area contributed by atoms with Gasteiger partial charge in [-0.3, -0.25) is 8.98 Å². The monoisotopic (exact) mass is 552 g/mol. The zero-order valence-corrected chi connectivity index (χ0v) is 24.6. The number of rotatable bonds is 9. The second kappa shape index (κ2) is 11.0. The van der Waals surface area contributed by atoms with Crippen molar-refractivity contribution in [2.75, 3.05) is 40.6 Å². The van der Waals surface area contributed by atoms with E-state index in [0.717, 1.165) is 45.4 Å². The highest BCUT2D eigenvalue weighted by Crippen LogP contribution is 2.42. The van der Waals surface area contributed by atoms with Gasteiger partial charge in [0.1, 0.15) is 12.3 Å². The zero-order valence-electron chi connectivity index (χ0n) is 23.8. The number of benzene rings is 1.